The number of hydrogen-bond acceptors (Lipinski definition) is 7. The van der Waals surface area contributed by atoms with Crippen LogP contribution in [-0.2, 0) is 25.9 Å². The maximum absolute atomic E-state index is 13.7. The van der Waals surface area contributed by atoms with Crippen molar-refractivity contribution in [3.63, 3.8) is 0 Å². The third kappa shape index (κ3) is 5.64. The Bertz CT molecular complexity index is 1450. The highest BCUT2D eigenvalue weighted by Crippen LogP contribution is 2.48. The average Bonchev–Trinajstić information content (AvgIpc) is 3.40. The van der Waals surface area contributed by atoms with E-state index in [1.54, 1.807) is 4.68 Å². The fourth-order valence-corrected chi connectivity index (χ4v) is 6.17. The standard InChI is InChI=1S/C27H32F2N4O5S/c1-3-27(28,29)16-38-19-9-10-20-18(13-19)11-12-26(20)15-33-24(25(35)31-26)23(30-21(34)14-39(2,36)37)22(32-33)17-7-5-4-6-8-17/h4-8,13,25,31,35H,3,9-12,14-16H2,1-2H3,(H,30,34)/t25-,26-/m1/s1. The third-order valence-electron chi connectivity index (χ3n) is 7.52. The number of halogens is 2. The van der Waals surface area contributed by atoms with E-state index in [9.17, 15) is 27.1 Å². The molecule has 12 heteroatoms. The number of aromatic nitrogens is 2. The Labute approximate surface area is 225 Å². The molecule has 1 aromatic carbocycles. The summed E-state index contributed by atoms with van der Waals surface area (Å²) in [5, 5.41) is 22.1. The van der Waals surface area contributed by atoms with Crippen LogP contribution in [0.4, 0.5) is 14.5 Å². The van der Waals surface area contributed by atoms with Crippen molar-refractivity contribution in [2.24, 2.45) is 0 Å². The van der Waals surface area contributed by atoms with E-state index in [1.807, 2.05) is 36.4 Å². The van der Waals surface area contributed by atoms with Gasteiger partial charge in [-0.1, -0.05) is 37.3 Å². The highest BCUT2D eigenvalue weighted by Gasteiger charge is 2.48. The van der Waals surface area contributed by atoms with E-state index < -0.39 is 45.8 Å². The van der Waals surface area contributed by atoms with E-state index in [2.05, 4.69) is 10.6 Å². The van der Waals surface area contributed by atoms with Crippen LogP contribution in [0.3, 0.4) is 0 Å². The molecule has 9 nitrogen and oxygen atoms in total. The quantitative estimate of drug-likeness (QED) is 0.449. The second kappa shape index (κ2) is 10.1. The van der Waals surface area contributed by atoms with E-state index in [1.165, 1.54) is 6.92 Å². The van der Waals surface area contributed by atoms with Gasteiger partial charge in [-0.3, -0.25) is 14.8 Å². The largest absolute Gasteiger partial charge is 0.492 e. The molecule has 1 aromatic heterocycles. The van der Waals surface area contributed by atoms with Gasteiger partial charge in [0.15, 0.2) is 22.7 Å². The van der Waals surface area contributed by atoms with Crippen LogP contribution < -0.4 is 10.6 Å². The summed E-state index contributed by atoms with van der Waals surface area (Å²) in [6, 6.07) is 9.13. The molecule has 1 amide bonds. The Balaban J connectivity index is 1.47. The van der Waals surface area contributed by atoms with Crippen LogP contribution in [0.25, 0.3) is 11.3 Å². The number of aliphatic hydroxyl groups is 1. The van der Waals surface area contributed by atoms with Crippen LogP contribution in [0.5, 0.6) is 0 Å². The van der Waals surface area contributed by atoms with Crippen LogP contribution >= 0.6 is 0 Å². The molecule has 0 unspecified atom stereocenters. The van der Waals surface area contributed by atoms with Gasteiger partial charge in [0.1, 0.15) is 17.1 Å². The molecule has 0 fully saturated rings. The van der Waals surface area contributed by atoms with Crippen LogP contribution in [0.2, 0.25) is 0 Å². The van der Waals surface area contributed by atoms with Crippen molar-refractivity contribution in [2.45, 2.75) is 63.3 Å². The molecule has 3 aliphatic rings. The first-order valence-electron chi connectivity index (χ1n) is 12.9. The molecule has 1 spiro atoms. The summed E-state index contributed by atoms with van der Waals surface area (Å²) in [6.07, 6.45) is 3.77. The predicted octanol–water partition coefficient (Wildman–Crippen LogP) is 3.70. The summed E-state index contributed by atoms with van der Waals surface area (Å²) in [7, 11) is -3.57. The van der Waals surface area contributed by atoms with Crippen molar-refractivity contribution >= 4 is 21.4 Å². The lowest BCUT2D eigenvalue weighted by atomic mass is 9.84. The highest BCUT2D eigenvalue weighted by molar-refractivity contribution is 7.91. The summed E-state index contributed by atoms with van der Waals surface area (Å²) in [5.74, 6) is -3.75. The molecule has 0 bridgehead atoms. The first-order chi connectivity index (χ1) is 18.4. The summed E-state index contributed by atoms with van der Waals surface area (Å²) in [6.45, 7) is 1.15. The molecule has 2 aliphatic carbocycles. The van der Waals surface area contributed by atoms with Crippen LogP contribution in [0.1, 0.15) is 50.9 Å². The summed E-state index contributed by atoms with van der Waals surface area (Å²) < 4.78 is 57.9. The van der Waals surface area contributed by atoms with Crippen molar-refractivity contribution in [1.29, 1.82) is 0 Å². The van der Waals surface area contributed by atoms with Gasteiger partial charge in [-0.15, -0.1) is 0 Å². The molecular weight excluding hydrogens is 530 g/mol. The molecule has 2 aromatic rings. The van der Waals surface area contributed by atoms with Crippen molar-refractivity contribution in [2.75, 3.05) is 23.9 Å². The second-order valence-electron chi connectivity index (χ2n) is 10.5. The molecule has 2 atom stereocenters. The molecule has 3 N–H and O–H groups in total. The number of aliphatic hydroxyl groups excluding tert-OH is 1. The van der Waals surface area contributed by atoms with E-state index in [0.29, 0.717) is 54.9 Å². The number of anilines is 1. The van der Waals surface area contributed by atoms with Crippen LogP contribution in [0.15, 0.2) is 53.3 Å². The van der Waals surface area contributed by atoms with Gasteiger partial charge in [0.2, 0.25) is 5.91 Å². The number of allylic oxidation sites excluding steroid dienone is 3. The minimum Gasteiger partial charge on any atom is -0.492 e. The zero-order chi connectivity index (χ0) is 28.0. The molecule has 0 saturated heterocycles. The molecule has 1 aliphatic heterocycles. The Kier molecular flexibility index (Phi) is 7.15. The first kappa shape index (κ1) is 27.5. The van der Waals surface area contributed by atoms with Gasteiger partial charge >= 0.3 is 0 Å². The van der Waals surface area contributed by atoms with Crippen molar-refractivity contribution in [3.8, 4) is 11.3 Å². The van der Waals surface area contributed by atoms with Gasteiger partial charge < -0.3 is 15.2 Å². The number of fused-ring (bicyclic) bond motifs is 2. The normalized spacial score (nSPS) is 22.9. The number of carbonyl (C=O) groups excluding carboxylic acids is 1. The number of nitrogens with one attached hydrogen (secondary N) is 2. The molecular formula is C27H32F2N4O5S. The highest BCUT2D eigenvalue weighted by atomic mass is 32.2. The zero-order valence-electron chi connectivity index (χ0n) is 21.8. The molecule has 0 radical (unpaired) electrons. The number of nitrogens with zero attached hydrogens (tertiary/aromatic N) is 2. The Morgan fingerprint density at radius 3 is 2.72 bits per heavy atom. The Hall–Kier alpha value is -3.09. The second-order valence-corrected chi connectivity index (χ2v) is 12.6. The number of benzene rings is 1. The molecule has 2 heterocycles. The fraction of sp³-hybridized carbons (Fsp3) is 0.481. The summed E-state index contributed by atoms with van der Waals surface area (Å²) in [4.78, 5) is 12.6. The first-order valence-corrected chi connectivity index (χ1v) is 15.0. The Morgan fingerprint density at radius 1 is 1.28 bits per heavy atom. The van der Waals surface area contributed by atoms with Gasteiger partial charge in [-0.05, 0) is 36.5 Å². The minimum atomic E-state index is -3.57. The summed E-state index contributed by atoms with van der Waals surface area (Å²) in [5.41, 5.74) is 3.21. The number of sulfone groups is 1. The summed E-state index contributed by atoms with van der Waals surface area (Å²) >= 11 is 0. The number of amides is 1. The molecule has 39 heavy (non-hydrogen) atoms. The lowest BCUT2D eigenvalue weighted by Crippen LogP contribution is -2.54. The third-order valence-corrected chi connectivity index (χ3v) is 8.30. The SMILES string of the molecule is CCC(F)(F)COC1=CC2=C(CC1)[C@@]1(CC2)Cn2nc(-c3ccccc3)c(NC(=O)CS(C)(=O)=O)c2[C@@H](O)N1. The van der Waals surface area contributed by atoms with Crippen molar-refractivity contribution in [1.82, 2.24) is 15.1 Å². The number of ether oxygens (including phenoxy) is 1. The molecule has 0 saturated carbocycles. The maximum Gasteiger partial charge on any atom is 0.281 e. The van der Waals surface area contributed by atoms with Gasteiger partial charge in [0.05, 0.1) is 23.5 Å². The minimum absolute atomic E-state index is 0.257. The van der Waals surface area contributed by atoms with Crippen molar-refractivity contribution in [3.05, 3.63) is 59.0 Å². The number of hydrogen-bond donors (Lipinski definition) is 3. The van der Waals surface area contributed by atoms with E-state index in [0.717, 1.165) is 17.4 Å². The van der Waals surface area contributed by atoms with Crippen LogP contribution in [0, 0.1) is 0 Å². The lowest BCUT2D eigenvalue weighted by molar-refractivity contribution is -0.113. The number of carbonyl (C=O) groups is 1. The van der Waals surface area contributed by atoms with Crippen LogP contribution in [-0.4, -0.2) is 59.3 Å². The monoisotopic (exact) mass is 562 g/mol. The van der Waals surface area contributed by atoms with Gasteiger partial charge in [0, 0.05) is 24.7 Å². The Morgan fingerprint density at radius 2 is 2.03 bits per heavy atom. The van der Waals surface area contributed by atoms with E-state index in [4.69, 9.17) is 9.84 Å². The number of alkyl halides is 2. The van der Waals surface area contributed by atoms with Gasteiger partial charge in [0.25, 0.3) is 5.92 Å². The maximum atomic E-state index is 13.7. The zero-order valence-corrected chi connectivity index (χ0v) is 22.7. The topological polar surface area (TPSA) is 123 Å². The van der Waals surface area contributed by atoms with Gasteiger partial charge in [-0.25, -0.2) is 17.2 Å². The lowest BCUT2D eigenvalue weighted by Gasteiger charge is -2.41. The smallest absolute Gasteiger partial charge is 0.281 e. The predicted molar refractivity (Wildman–Crippen MR) is 142 cm³/mol. The molecule has 210 valence electrons. The fourth-order valence-electron chi connectivity index (χ4n) is 5.62. The van der Waals surface area contributed by atoms with E-state index in [-0.39, 0.29) is 12.1 Å². The number of rotatable bonds is 8. The van der Waals surface area contributed by atoms with Crippen molar-refractivity contribution < 1.29 is 31.8 Å². The average molecular weight is 563 g/mol. The van der Waals surface area contributed by atoms with E-state index >= 15 is 0 Å². The molecule has 5 rings (SSSR count). The van der Waals surface area contributed by atoms with Gasteiger partial charge in [-0.2, -0.15) is 5.10 Å².